The van der Waals surface area contributed by atoms with Crippen LogP contribution < -0.4 is 15.4 Å². The highest BCUT2D eigenvalue weighted by Gasteiger charge is 2.23. The summed E-state index contributed by atoms with van der Waals surface area (Å²) in [5.74, 6) is 4.59. The Morgan fingerprint density at radius 2 is 2.17 bits per heavy atom. The summed E-state index contributed by atoms with van der Waals surface area (Å²) in [4.78, 5) is 13.3. The molecule has 1 aliphatic carbocycles. The van der Waals surface area contributed by atoms with Crippen molar-refractivity contribution in [3.63, 3.8) is 0 Å². The van der Waals surface area contributed by atoms with Crippen molar-refractivity contribution in [1.82, 2.24) is 30.4 Å². The van der Waals surface area contributed by atoms with Gasteiger partial charge in [-0.1, -0.05) is 13.8 Å². The van der Waals surface area contributed by atoms with E-state index in [9.17, 15) is 0 Å². The zero-order valence-electron chi connectivity index (χ0n) is 18.0. The molecule has 30 heavy (non-hydrogen) atoms. The van der Waals surface area contributed by atoms with Gasteiger partial charge in [0.25, 0.3) is 0 Å². The van der Waals surface area contributed by atoms with Crippen LogP contribution in [-0.4, -0.2) is 45.4 Å². The van der Waals surface area contributed by atoms with Crippen molar-refractivity contribution in [3.8, 4) is 5.88 Å². The minimum absolute atomic E-state index is 0. The summed E-state index contributed by atoms with van der Waals surface area (Å²) in [6.45, 7) is 6.51. The molecule has 2 N–H and O–H groups in total. The standard InChI is InChI=1S/C21H31N7O.HI/c1-14(2)20-26-18-7-6-17(12-28(18)27-20)25-21(22-3)24-11-16-8-9-23-19(10-16)29-13-15-4-5-15;/h8-10,14-15,17H,4-7,11-13H2,1-3H3,(H2,22,24,25);1H. The summed E-state index contributed by atoms with van der Waals surface area (Å²) in [7, 11) is 1.80. The number of aromatic nitrogens is 4. The Morgan fingerprint density at radius 3 is 2.90 bits per heavy atom. The van der Waals surface area contributed by atoms with Gasteiger partial charge < -0.3 is 15.4 Å². The average Bonchev–Trinajstić information content (AvgIpc) is 3.46. The molecule has 4 rings (SSSR count). The highest BCUT2D eigenvalue weighted by atomic mass is 127. The van der Waals surface area contributed by atoms with E-state index < -0.39 is 0 Å². The van der Waals surface area contributed by atoms with E-state index in [1.54, 1.807) is 13.2 Å². The fourth-order valence-corrected chi connectivity index (χ4v) is 3.39. The predicted molar refractivity (Wildman–Crippen MR) is 127 cm³/mol. The second-order valence-electron chi connectivity index (χ2n) is 8.29. The van der Waals surface area contributed by atoms with E-state index in [2.05, 4.69) is 44.5 Å². The third-order valence-electron chi connectivity index (χ3n) is 5.38. The summed E-state index contributed by atoms with van der Waals surface area (Å²) >= 11 is 0. The average molecular weight is 525 g/mol. The second kappa shape index (κ2) is 10.4. The van der Waals surface area contributed by atoms with E-state index in [0.717, 1.165) is 55.1 Å². The van der Waals surface area contributed by atoms with Gasteiger partial charge in [-0.2, -0.15) is 5.10 Å². The SMILES string of the molecule is CN=C(NCc1ccnc(OCC2CC2)c1)NC1CCc2nc(C(C)C)nn2C1.I. The number of ether oxygens (including phenoxy) is 1. The molecule has 0 bridgehead atoms. The molecule has 2 aromatic heterocycles. The molecule has 9 heteroatoms. The quantitative estimate of drug-likeness (QED) is 0.329. The lowest BCUT2D eigenvalue weighted by Crippen LogP contribution is -2.46. The molecule has 164 valence electrons. The fourth-order valence-electron chi connectivity index (χ4n) is 3.39. The van der Waals surface area contributed by atoms with Gasteiger partial charge in [0.15, 0.2) is 11.8 Å². The molecule has 1 aliphatic heterocycles. The van der Waals surface area contributed by atoms with Gasteiger partial charge in [0, 0.05) is 44.2 Å². The molecule has 1 saturated carbocycles. The lowest BCUT2D eigenvalue weighted by atomic mass is 10.1. The van der Waals surface area contributed by atoms with Crippen molar-refractivity contribution in [2.24, 2.45) is 10.9 Å². The van der Waals surface area contributed by atoms with Crippen molar-refractivity contribution in [2.45, 2.75) is 64.6 Å². The smallest absolute Gasteiger partial charge is 0.213 e. The number of guanidine groups is 1. The first kappa shape index (κ1) is 22.8. The largest absolute Gasteiger partial charge is 0.477 e. The number of nitrogens with one attached hydrogen (secondary N) is 2. The molecule has 0 spiro atoms. The maximum atomic E-state index is 5.78. The van der Waals surface area contributed by atoms with E-state index in [-0.39, 0.29) is 30.0 Å². The van der Waals surface area contributed by atoms with Gasteiger partial charge in [-0.25, -0.2) is 14.6 Å². The Balaban J connectivity index is 0.00000256. The van der Waals surface area contributed by atoms with Crippen LogP contribution >= 0.6 is 24.0 Å². The van der Waals surface area contributed by atoms with Crippen LogP contribution in [0, 0.1) is 5.92 Å². The topological polar surface area (TPSA) is 89.2 Å². The van der Waals surface area contributed by atoms with E-state index in [1.807, 2.05) is 16.8 Å². The van der Waals surface area contributed by atoms with E-state index >= 15 is 0 Å². The molecule has 0 saturated heterocycles. The van der Waals surface area contributed by atoms with Crippen LogP contribution in [0.5, 0.6) is 5.88 Å². The van der Waals surface area contributed by atoms with Gasteiger partial charge in [-0.15, -0.1) is 24.0 Å². The van der Waals surface area contributed by atoms with Crippen molar-refractivity contribution < 1.29 is 4.74 Å². The normalized spacial score (nSPS) is 18.5. The molecular weight excluding hydrogens is 493 g/mol. The second-order valence-corrected chi connectivity index (χ2v) is 8.29. The van der Waals surface area contributed by atoms with Crippen LogP contribution in [0.4, 0.5) is 0 Å². The Morgan fingerprint density at radius 1 is 1.33 bits per heavy atom. The summed E-state index contributed by atoms with van der Waals surface area (Å²) in [6, 6.07) is 4.28. The minimum Gasteiger partial charge on any atom is -0.477 e. The number of halogens is 1. The fraction of sp³-hybridized carbons (Fsp3) is 0.619. The van der Waals surface area contributed by atoms with Crippen LogP contribution in [0.2, 0.25) is 0 Å². The number of nitrogens with zero attached hydrogens (tertiary/aromatic N) is 5. The first-order valence-electron chi connectivity index (χ1n) is 10.6. The molecule has 1 fully saturated rings. The zero-order valence-corrected chi connectivity index (χ0v) is 20.3. The van der Waals surface area contributed by atoms with Gasteiger partial charge >= 0.3 is 0 Å². The molecule has 2 aromatic rings. The van der Waals surface area contributed by atoms with Gasteiger partial charge in [0.05, 0.1) is 13.2 Å². The lowest BCUT2D eigenvalue weighted by Gasteiger charge is -2.25. The molecule has 3 heterocycles. The van der Waals surface area contributed by atoms with Crippen molar-refractivity contribution >= 4 is 29.9 Å². The Labute approximate surface area is 195 Å². The molecule has 1 unspecified atom stereocenters. The first-order valence-corrected chi connectivity index (χ1v) is 10.6. The van der Waals surface area contributed by atoms with E-state index in [4.69, 9.17) is 4.74 Å². The predicted octanol–water partition coefficient (Wildman–Crippen LogP) is 2.88. The molecule has 0 amide bonds. The van der Waals surface area contributed by atoms with Crippen LogP contribution in [0.3, 0.4) is 0 Å². The van der Waals surface area contributed by atoms with Gasteiger partial charge in [-0.05, 0) is 36.8 Å². The monoisotopic (exact) mass is 525 g/mol. The third kappa shape index (κ3) is 6.05. The Hall–Kier alpha value is -1.91. The zero-order chi connectivity index (χ0) is 20.2. The maximum Gasteiger partial charge on any atom is 0.213 e. The number of aryl methyl sites for hydroxylation is 1. The molecular formula is C21H32IN7O. The number of rotatable bonds is 7. The van der Waals surface area contributed by atoms with Gasteiger partial charge in [-0.3, -0.25) is 4.99 Å². The highest BCUT2D eigenvalue weighted by Crippen LogP contribution is 2.29. The number of hydrogen-bond acceptors (Lipinski definition) is 5. The van der Waals surface area contributed by atoms with Crippen molar-refractivity contribution in [1.29, 1.82) is 0 Å². The van der Waals surface area contributed by atoms with Gasteiger partial charge in [0.1, 0.15) is 5.82 Å². The lowest BCUT2D eigenvalue weighted by molar-refractivity contribution is 0.288. The molecule has 0 radical (unpaired) electrons. The molecule has 8 nitrogen and oxygen atoms in total. The number of pyridine rings is 1. The number of aliphatic imine (C=N–C) groups is 1. The molecule has 0 aromatic carbocycles. The van der Waals surface area contributed by atoms with Gasteiger partial charge in [0.2, 0.25) is 5.88 Å². The summed E-state index contributed by atoms with van der Waals surface area (Å²) in [5, 5.41) is 11.6. The van der Waals surface area contributed by atoms with Crippen molar-refractivity contribution in [2.75, 3.05) is 13.7 Å². The van der Waals surface area contributed by atoms with E-state index in [1.165, 1.54) is 12.8 Å². The molecule has 2 aliphatic rings. The summed E-state index contributed by atoms with van der Waals surface area (Å²) in [6.07, 6.45) is 6.31. The Kier molecular flexibility index (Phi) is 7.90. The van der Waals surface area contributed by atoms with Crippen molar-refractivity contribution in [3.05, 3.63) is 35.5 Å². The first-order chi connectivity index (χ1) is 14.1. The third-order valence-corrected chi connectivity index (χ3v) is 5.38. The highest BCUT2D eigenvalue weighted by molar-refractivity contribution is 14.0. The maximum absolute atomic E-state index is 5.78. The molecule has 1 atom stereocenters. The minimum atomic E-state index is 0. The Bertz CT molecular complexity index is 863. The van der Waals surface area contributed by atoms with Crippen LogP contribution in [0.15, 0.2) is 23.3 Å². The van der Waals surface area contributed by atoms with Crippen LogP contribution in [-0.2, 0) is 19.5 Å². The number of hydrogen-bond donors (Lipinski definition) is 2. The van der Waals surface area contributed by atoms with E-state index in [0.29, 0.717) is 18.3 Å². The summed E-state index contributed by atoms with van der Waals surface area (Å²) in [5.41, 5.74) is 1.12. The van der Waals surface area contributed by atoms with Crippen LogP contribution in [0.25, 0.3) is 0 Å². The van der Waals surface area contributed by atoms with Crippen LogP contribution in [0.1, 0.15) is 56.2 Å². The summed E-state index contributed by atoms with van der Waals surface area (Å²) < 4.78 is 7.81. The number of fused-ring (bicyclic) bond motifs is 1.